The molecule has 9 heteroatoms. The van der Waals surface area contributed by atoms with Gasteiger partial charge in [0.2, 0.25) is 0 Å². The normalized spacial score (nSPS) is 11.1. The molecular weight excluding hydrogens is 459 g/mol. The van der Waals surface area contributed by atoms with E-state index in [0.717, 1.165) is 27.8 Å². The zero-order chi connectivity index (χ0) is 20.6. The molecule has 0 aliphatic carbocycles. The first-order chi connectivity index (χ1) is 14.2. The number of rotatable bonds is 10. The lowest BCUT2D eigenvalue weighted by molar-refractivity contribution is 0.158. The van der Waals surface area contributed by atoms with Crippen molar-refractivity contribution in [1.29, 1.82) is 0 Å². The molecule has 3 aromatic rings. The smallest absolute Gasteiger partial charge is 0.161 e. The first-order valence-electron chi connectivity index (χ1n) is 9.67. The van der Waals surface area contributed by atoms with Crippen molar-refractivity contribution >= 4 is 36.2 Å². The Morgan fingerprint density at radius 2 is 1.77 bits per heavy atom. The van der Waals surface area contributed by atoms with Crippen molar-refractivity contribution < 1.29 is 19.3 Å². The van der Waals surface area contributed by atoms with Gasteiger partial charge in [-0.1, -0.05) is 0 Å². The fraction of sp³-hybridized carbons (Fsp3) is 0.364. The van der Waals surface area contributed by atoms with Crippen molar-refractivity contribution in [3.05, 3.63) is 53.3 Å². The molecule has 1 N–H and O–H groups in total. The molecule has 0 saturated heterocycles. The van der Waals surface area contributed by atoms with Gasteiger partial charge < -0.3 is 19.3 Å². The minimum atomic E-state index is -0.702. The molecule has 1 atom stereocenters. The summed E-state index contributed by atoms with van der Waals surface area (Å²) in [6.45, 7) is 5.06. The largest absolute Gasteiger partial charge is 0.495 e. The third kappa shape index (κ3) is 6.97. The number of nitrogens with zero attached hydrogens (tertiary/aromatic N) is 2. The summed E-state index contributed by atoms with van der Waals surface area (Å²) >= 11 is 1.57. The lowest BCUT2D eigenvalue weighted by atomic mass is 10.1. The number of aliphatic hydroxyl groups is 1. The van der Waals surface area contributed by atoms with Crippen LogP contribution in [0.3, 0.4) is 0 Å². The molecule has 170 valence electrons. The number of ether oxygens (including phenoxy) is 3. The van der Waals surface area contributed by atoms with Crippen LogP contribution in [0.4, 0.5) is 0 Å². The van der Waals surface area contributed by atoms with Gasteiger partial charge in [-0.3, -0.25) is 4.98 Å². The van der Waals surface area contributed by atoms with E-state index in [9.17, 15) is 5.11 Å². The Labute approximate surface area is 199 Å². The van der Waals surface area contributed by atoms with E-state index >= 15 is 0 Å². The molecular formula is C22H28Cl2N2O4S. The van der Waals surface area contributed by atoms with Crippen LogP contribution in [0.15, 0.2) is 41.9 Å². The Hall–Kier alpha value is -2.06. The number of methoxy groups -OCH3 is 1. The molecule has 6 nitrogen and oxygen atoms in total. The van der Waals surface area contributed by atoms with Crippen molar-refractivity contribution in [1.82, 2.24) is 9.97 Å². The van der Waals surface area contributed by atoms with Crippen LogP contribution in [0.1, 0.15) is 37.8 Å². The standard InChI is InChI=1S/C22H26N2O4S.2ClH/c1-4-27-18-11-8-15(13-20(18)28-5-2)22-24-16(14-29-22)9-10-17(25)21-19(26-3)7-6-12-23-21;;/h6-8,11-14,17,25H,4-5,9-10H2,1-3H3;2*1H. The zero-order valence-electron chi connectivity index (χ0n) is 17.7. The predicted molar refractivity (Wildman–Crippen MR) is 128 cm³/mol. The number of halogens is 2. The minimum Gasteiger partial charge on any atom is -0.495 e. The number of thiazole rings is 1. The number of aliphatic hydroxyl groups excluding tert-OH is 1. The van der Waals surface area contributed by atoms with E-state index < -0.39 is 6.10 Å². The van der Waals surface area contributed by atoms with Gasteiger partial charge in [0.15, 0.2) is 11.5 Å². The van der Waals surface area contributed by atoms with Crippen LogP contribution in [0, 0.1) is 0 Å². The number of benzene rings is 1. The third-order valence-corrected chi connectivity index (χ3v) is 5.29. The molecule has 0 amide bonds. The van der Waals surface area contributed by atoms with Gasteiger partial charge in [-0.2, -0.15) is 0 Å². The molecule has 0 fully saturated rings. The molecule has 0 saturated carbocycles. The van der Waals surface area contributed by atoms with Gasteiger partial charge >= 0.3 is 0 Å². The van der Waals surface area contributed by atoms with E-state index in [2.05, 4.69) is 4.98 Å². The summed E-state index contributed by atoms with van der Waals surface area (Å²) in [4.78, 5) is 8.97. The maximum Gasteiger partial charge on any atom is 0.161 e. The molecule has 0 spiro atoms. The number of hydrogen-bond acceptors (Lipinski definition) is 7. The van der Waals surface area contributed by atoms with Crippen molar-refractivity contribution in [2.75, 3.05) is 20.3 Å². The van der Waals surface area contributed by atoms with Crippen molar-refractivity contribution in [3.8, 4) is 27.8 Å². The highest BCUT2D eigenvalue weighted by Gasteiger charge is 2.16. The molecule has 2 heterocycles. The fourth-order valence-electron chi connectivity index (χ4n) is 2.99. The number of aryl methyl sites for hydroxylation is 1. The summed E-state index contributed by atoms with van der Waals surface area (Å²) in [5, 5.41) is 13.4. The van der Waals surface area contributed by atoms with E-state index in [-0.39, 0.29) is 24.8 Å². The van der Waals surface area contributed by atoms with Crippen LogP contribution in [0.2, 0.25) is 0 Å². The highest BCUT2D eigenvalue weighted by atomic mass is 35.5. The summed E-state index contributed by atoms with van der Waals surface area (Å²) < 4.78 is 16.6. The molecule has 0 aliphatic rings. The number of hydrogen-bond donors (Lipinski definition) is 1. The second-order valence-corrected chi connectivity index (χ2v) is 7.18. The summed E-state index contributed by atoms with van der Waals surface area (Å²) in [6, 6.07) is 9.46. The predicted octanol–water partition coefficient (Wildman–Crippen LogP) is 5.52. The SMILES string of the molecule is CCOc1ccc(-c2nc(CCC(O)c3ncccc3OC)cs2)cc1OCC.Cl.Cl. The van der Waals surface area contributed by atoms with Gasteiger partial charge in [-0.15, -0.1) is 36.2 Å². The van der Waals surface area contributed by atoms with E-state index in [4.69, 9.17) is 19.2 Å². The Morgan fingerprint density at radius 1 is 1.03 bits per heavy atom. The average molecular weight is 487 g/mol. The molecule has 3 rings (SSSR count). The van der Waals surface area contributed by atoms with Crippen LogP contribution < -0.4 is 14.2 Å². The highest BCUT2D eigenvalue weighted by molar-refractivity contribution is 7.13. The van der Waals surface area contributed by atoms with Crippen molar-refractivity contribution in [2.24, 2.45) is 0 Å². The quantitative estimate of drug-likeness (QED) is 0.406. The molecule has 1 unspecified atom stereocenters. The van der Waals surface area contributed by atoms with E-state index in [1.807, 2.05) is 37.4 Å². The first kappa shape index (κ1) is 27.0. The van der Waals surface area contributed by atoms with Crippen molar-refractivity contribution in [2.45, 2.75) is 32.8 Å². The summed E-state index contributed by atoms with van der Waals surface area (Å²) in [5.41, 5.74) is 2.48. The molecule has 0 radical (unpaired) electrons. The summed E-state index contributed by atoms with van der Waals surface area (Å²) in [6.07, 6.45) is 2.12. The second kappa shape index (κ2) is 13.4. The average Bonchev–Trinajstić information content (AvgIpc) is 3.22. The summed E-state index contributed by atoms with van der Waals surface area (Å²) in [5.74, 6) is 2.06. The van der Waals surface area contributed by atoms with Gasteiger partial charge in [0.05, 0.1) is 26.0 Å². The van der Waals surface area contributed by atoms with Gasteiger partial charge in [0.25, 0.3) is 0 Å². The fourth-order valence-corrected chi connectivity index (χ4v) is 3.84. The third-order valence-electron chi connectivity index (χ3n) is 4.35. The maximum atomic E-state index is 10.5. The van der Waals surface area contributed by atoms with E-state index in [0.29, 0.717) is 37.5 Å². The molecule has 0 bridgehead atoms. The molecule has 1 aromatic carbocycles. The highest BCUT2D eigenvalue weighted by Crippen LogP contribution is 2.34. The van der Waals surface area contributed by atoms with Crippen LogP contribution >= 0.6 is 36.2 Å². The second-order valence-electron chi connectivity index (χ2n) is 6.32. The van der Waals surface area contributed by atoms with Crippen molar-refractivity contribution in [3.63, 3.8) is 0 Å². The van der Waals surface area contributed by atoms with E-state index in [1.165, 1.54) is 0 Å². The lowest BCUT2D eigenvalue weighted by Crippen LogP contribution is -2.04. The zero-order valence-corrected chi connectivity index (χ0v) is 20.2. The summed E-state index contributed by atoms with van der Waals surface area (Å²) in [7, 11) is 1.58. The number of pyridine rings is 1. The Balaban J connectivity index is 0.00000240. The topological polar surface area (TPSA) is 73.7 Å². The van der Waals surface area contributed by atoms with Crippen LogP contribution in [-0.4, -0.2) is 35.4 Å². The van der Waals surface area contributed by atoms with Crippen LogP contribution in [0.5, 0.6) is 17.2 Å². The van der Waals surface area contributed by atoms with Gasteiger partial charge in [-0.05, 0) is 57.0 Å². The van der Waals surface area contributed by atoms with Gasteiger partial charge in [0, 0.05) is 17.1 Å². The monoisotopic (exact) mass is 486 g/mol. The van der Waals surface area contributed by atoms with E-state index in [1.54, 1.807) is 36.8 Å². The van der Waals surface area contributed by atoms with Crippen LogP contribution in [0.25, 0.3) is 10.6 Å². The van der Waals surface area contributed by atoms with Gasteiger partial charge in [0.1, 0.15) is 22.6 Å². The Bertz CT molecular complexity index is 939. The van der Waals surface area contributed by atoms with Gasteiger partial charge in [-0.25, -0.2) is 4.98 Å². The maximum absolute atomic E-state index is 10.5. The lowest BCUT2D eigenvalue weighted by Gasteiger charge is -2.12. The molecule has 31 heavy (non-hydrogen) atoms. The van der Waals surface area contributed by atoms with Crippen LogP contribution in [-0.2, 0) is 6.42 Å². The number of aromatic nitrogens is 2. The Kier molecular flexibility index (Phi) is 11.6. The minimum absolute atomic E-state index is 0. The Morgan fingerprint density at radius 3 is 2.48 bits per heavy atom. The molecule has 2 aromatic heterocycles. The first-order valence-corrected chi connectivity index (χ1v) is 10.6. The molecule has 0 aliphatic heterocycles.